The topological polar surface area (TPSA) is 54.7 Å². The van der Waals surface area contributed by atoms with Crippen molar-refractivity contribution in [3.63, 3.8) is 0 Å². The van der Waals surface area contributed by atoms with Gasteiger partial charge in [-0.15, -0.1) is 0 Å². The Balaban J connectivity index is 2.63. The first-order valence-corrected chi connectivity index (χ1v) is 5.25. The quantitative estimate of drug-likeness (QED) is 0.894. The maximum Gasteiger partial charge on any atom is 0.410 e. The van der Waals surface area contributed by atoms with Crippen LogP contribution >= 0.6 is 0 Å². The summed E-state index contributed by atoms with van der Waals surface area (Å²) in [6.07, 6.45) is -3.10. The van der Waals surface area contributed by atoms with Gasteiger partial charge in [0.15, 0.2) is 0 Å². The Morgan fingerprint density at radius 2 is 2.06 bits per heavy atom. The zero-order valence-corrected chi connectivity index (χ0v) is 9.28. The third-order valence-corrected chi connectivity index (χ3v) is 2.82. The van der Waals surface area contributed by atoms with Crippen LogP contribution in [0.5, 0.6) is 0 Å². The van der Waals surface area contributed by atoms with Crippen molar-refractivity contribution in [2.24, 2.45) is 5.73 Å². The van der Waals surface area contributed by atoms with Gasteiger partial charge in [-0.25, -0.2) is 0 Å². The number of nitriles is 1. The molecule has 0 amide bonds. The van der Waals surface area contributed by atoms with Crippen LogP contribution < -0.4 is 5.73 Å². The first kappa shape index (κ1) is 12.5. The zero-order chi connectivity index (χ0) is 13.3. The molecule has 1 heterocycles. The van der Waals surface area contributed by atoms with E-state index in [1.54, 1.807) is 18.2 Å². The monoisotopic (exact) mass is 253 g/mol. The van der Waals surface area contributed by atoms with Gasteiger partial charge in [0.2, 0.25) is 0 Å². The van der Waals surface area contributed by atoms with Crippen molar-refractivity contribution in [2.75, 3.05) is 6.54 Å². The van der Waals surface area contributed by atoms with Crippen LogP contribution in [0.4, 0.5) is 13.2 Å². The standard InChI is InChI=1S/C12H10F3N3/c13-12(14,15)11(7-17)18-5-4-9-8(6-16)2-1-3-10(9)18/h1-5,11H,7,17H2. The number of hydrogen-bond acceptors (Lipinski definition) is 2. The number of rotatable bonds is 2. The molecule has 18 heavy (non-hydrogen) atoms. The molecule has 0 spiro atoms. The van der Waals surface area contributed by atoms with Crippen LogP contribution in [-0.4, -0.2) is 17.3 Å². The van der Waals surface area contributed by atoms with Gasteiger partial charge in [-0.1, -0.05) is 6.07 Å². The summed E-state index contributed by atoms with van der Waals surface area (Å²) in [5, 5.41) is 9.40. The zero-order valence-electron chi connectivity index (χ0n) is 9.28. The number of hydrogen-bond donors (Lipinski definition) is 1. The molecule has 0 saturated carbocycles. The predicted octanol–water partition coefficient (Wildman–Crippen LogP) is 2.58. The summed E-state index contributed by atoms with van der Waals surface area (Å²) in [4.78, 5) is 0. The lowest BCUT2D eigenvalue weighted by Crippen LogP contribution is -2.32. The van der Waals surface area contributed by atoms with E-state index in [1.807, 2.05) is 6.07 Å². The highest BCUT2D eigenvalue weighted by Gasteiger charge is 2.40. The Morgan fingerprint density at radius 1 is 1.33 bits per heavy atom. The van der Waals surface area contributed by atoms with Crippen molar-refractivity contribution in [2.45, 2.75) is 12.2 Å². The highest BCUT2D eigenvalue weighted by atomic mass is 19.4. The van der Waals surface area contributed by atoms with Gasteiger partial charge in [0.1, 0.15) is 6.04 Å². The van der Waals surface area contributed by atoms with E-state index in [0.29, 0.717) is 16.5 Å². The van der Waals surface area contributed by atoms with Crippen molar-refractivity contribution in [3.8, 4) is 6.07 Å². The molecule has 1 atom stereocenters. The van der Waals surface area contributed by atoms with Crippen LogP contribution in [0, 0.1) is 11.3 Å². The van der Waals surface area contributed by atoms with Crippen LogP contribution in [-0.2, 0) is 0 Å². The normalized spacial score (nSPS) is 13.5. The molecule has 1 aromatic carbocycles. The molecule has 3 nitrogen and oxygen atoms in total. The fourth-order valence-corrected chi connectivity index (χ4v) is 1.96. The minimum absolute atomic E-state index is 0.351. The highest BCUT2D eigenvalue weighted by Crippen LogP contribution is 2.33. The lowest BCUT2D eigenvalue weighted by Gasteiger charge is -2.21. The second-order valence-electron chi connectivity index (χ2n) is 3.87. The number of fused-ring (bicyclic) bond motifs is 1. The summed E-state index contributed by atoms with van der Waals surface area (Å²) in [5.74, 6) is 0. The van der Waals surface area contributed by atoms with Crippen molar-refractivity contribution >= 4 is 10.9 Å². The number of aromatic nitrogens is 1. The lowest BCUT2D eigenvalue weighted by molar-refractivity contribution is -0.164. The number of alkyl halides is 3. The minimum Gasteiger partial charge on any atom is -0.334 e. The van der Waals surface area contributed by atoms with E-state index in [0.717, 1.165) is 4.57 Å². The third kappa shape index (κ3) is 1.93. The lowest BCUT2D eigenvalue weighted by atomic mass is 10.1. The molecule has 0 aliphatic carbocycles. The number of nitrogens with zero attached hydrogens (tertiary/aromatic N) is 2. The Bertz CT molecular complexity index is 607. The van der Waals surface area contributed by atoms with Crippen LogP contribution in [0.3, 0.4) is 0 Å². The molecule has 6 heteroatoms. The van der Waals surface area contributed by atoms with E-state index in [-0.39, 0.29) is 0 Å². The summed E-state index contributed by atoms with van der Waals surface area (Å²) in [6.45, 7) is -0.538. The Labute approximate surface area is 101 Å². The molecule has 0 radical (unpaired) electrons. The fraction of sp³-hybridized carbons (Fsp3) is 0.250. The molecular weight excluding hydrogens is 243 g/mol. The third-order valence-electron chi connectivity index (χ3n) is 2.82. The Morgan fingerprint density at radius 3 is 2.61 bits per heavy atom. The van der Waals surface area contributed by atoms with Crippen molar-refractivity contribution in [1.29, 1.82) is 5.26 Å². The van der Waals surface area contributed by atoms with E-state index in [9.17, 15) is 13.2 Å². The largest absolute Gasteiger partial charge is 0.410 e. The van der Waals surface area contributed by atoms with Gasteiger partial charge in [0.05, 0.1) is 11.6 Å². The van der Waals surface area contributed by atoms with Gasteiger partial charge in [0.25, 0.3) is 0 Å². The summed E-state index contributed by atoms with van der Waals surface area (Å²) in [5.41, 5.74) is 5.92. The van der Waals surface area contributed by atoms with E-state index in [1.165, 1.54) is 12.3 Å². The van der Waals surface area contributed by atoms with E-state index in [2.05, 4.69) is 0 Å². The fourth-order valence-electron chi connectivity index (χ4n) is 1.96. The predicted molar refractivity (Wildman–Crippen MR) is 60.8 cm³/mol. The molecule has 0 bridgehead atoms. The molecule has 1 unspecified atom stereocenters. The van der Waals surface area contributed by atoms with Gasteiger partial charge in [-0.05, 0) is 18.2 Å². The molecule has 0 aliphatic rings. The summed E-state index contributed by atoms with van der Waals surface area (Å²) < 4.78 is 39.6. The van der Waals surface area contributed by atoms with Crippen molar-refractivity contribution in [3.05, 3.63) is 36.0 Å². The molecular formula is C12H10F3N3. The maximum atomic E-state index is 12.8. The number of nitrogens with two attached hydrogens (primary N) is 1. The summed E-state index contributed by atoms with van der Waals surface area (Å²) >= 11 is 0. The molecule has 0 aliphatic heterocycles. The first-order valence-electron chi connectivity index (χ1n) is 5.25. The maximum absolute atomic E-state index is 12.8. The minimum atomic E-state index is -4.41. The number of benzene rings is 1. The first-order chi connectivity index (χ1) is 8.49. The van der Waals surface area contributed by atoms with Gasteiger partial charge in [0, 0.05) is 23.6 Å². The van der Waals surface area contributed by atoms with Crippen LogP contribution in [0.25, 0.3) is 10.9 Å². The molecule has 2 N–H and O–H groups in total. The van der Waals surface area contributed by atoms with Gasteiger partial charge >= 0.3 is 6.18 Å². The van der Waals surface area contributed by atoms with Crippen LogP contribution in [0.2, 0.25) is 0 Å². The van der Waals surface area contributed by atoms with Gasteiger partial charge < -0.3 is 10.3 Å². The van der Waals surface area contributed by atoms with Gasteiger partial charge in [-0.2, -0.15) is 18.4 Å². The molecule has 0 fully saturated rings. The van der Waals surface area contributed by atoms with E-state index < -0.39 is 18.8 Å². The molecule has 1 aromatic heterocycles. The molecule has 2 aromatic rings. The highest BCUT2D eigenvalue weighted by molar-refractivity contribution is 5.86. The van der Waals surface area contributed by atoms with E-state index >= 15 is 0 Å². The number of halogens is 3. The molecule has 2 rings (SSSR count). The summed E-state index contributed by atoms with van der Waals surface area (Å²) in [7, 11) is 0. The van der Waals surface area contributed by atoms with Crippen LogP contribution in [0.15, 0.2) is 30.5 Å². The van der Waals surface area contributed by atoms with Crippen molar-refractivity contribution < 1.29 is 13.2 Å². The smallest absolute Gasteiger partial charge is 0.334 e. The Kier molecular flexibility index (Phi) is 3.01. The molecule has 94 valence electrons. The second kappa shape index (κ2) is 4.35. The SMILES string of the molecule is N#Cc1cccc2c1ccn2C(CN)C(F)(F)F. The Hall–Kier alpha value is -2.00. The second-order valence-corrected chi connectivity index (χ2v) is 3.87. The summed E-state index contributed by atoms with van der Waals surface area (Å²) in [6, 6.07) is 6.35. The average molecular weight is 253 g/mol. The van der Waals surface area contributed by atoms with Crippen LogP contribution in [0.1, 0.15) is 11.6 Å². The van der Waals surface area contributed by atoms with Crippen molar-refractivity contribution in [1.82, 2.24) is 4.57 Å². The van der Waals surface area contributed by atoms with Gasteiger partial charge in [-0.3, -0.25) is 0 Å². The van der Waals surface area contributed by atoms with E-state index in [4.69, 9.17) is 11.0 Å². The molecule has 0 saturated heterocycles. The average Bonchev–Trinajstić information content (AvgIpc) is 2.72.